The van der Waals surface area contributed by atoms with E-state index in [-0.39, 0.29) is 5.91 Å². The average Bonchev–Trinajstić information content (AvgIpc) is 2.81. The molecule has 1 heterocycles. The molecule has 2 aromatic carbocycles. The average molecular weight is 421 g/mol. The molecular weight excluding hydrogens is 384 g/mol. The number of carbonyl (C=O) groups is 1. The van der Waals surface area contributed by atoms with Gasteiger partial charge in [0.15, 0.2) is 0 Å². The van der Waals surface area contributed by atoms with Crippen LogP contribution in [0.3, 0.4) is 0 Å². The van der Waals surface area contributed by atoms with Crippen LogP contribution in [0.1, 0.15) is 37.7 Å². The molecule has 4 rings (SSSR count). The first kappa shape index (κ1) is 21.8. The first-order valence-electron chi connectivity index (χ1n) is 11.8. The zero-order chi connectivity index (χ0) is 21.5. The SMILES string of the molecule is CN(CC(=O)Nc1ccc(N2CCN(Cc3ccccc3)CC2)cc1)C1CCCCC1. The highest BCUT2D eigenvalue weighted by molar-refractivity contribution is 5.92. The summed E-state index contributed by atoms with van der Waals surface area (Å²) >= 11 is 0. The number of hydrogen-bond donors (Lipinski definition) is 1. The van der Waals surface area contributed by atoms with Gasteiger partial charge in [0.25, 0.3) is 0 Å². The summed E-state index contributed by atoms with van der Waals surface area (Å²) in [5, 5.41) is 3.07. The van der Waals surface area contributed by atoms with E-state index in [2.05, 4.69) is 69.5 Å². The van der Waals surface area contributed by atoms with E-state index in [4.69, 9.17) is 0 Å². The first-order valence-corrected chi connectivity index (χ1v) is 11.8. The van der Waals surface area contributed by atoms with Crippen molar-refractivity contribution in [3.63, 3.8) is 0 Å². The van der Waals surface area contributed by atoms with E-state index in [0.717, 1.165) is 38.4 Å². The molecule has 0 aromatic heterocycles. The van der Waals surface area contributed by atoms with Gasteiger partial charge >= 0.3 is 0 Å². The second-order valence-electron chi connectivity index (χ2n) is 9.05. The number of piperazine rings is 1. The van der Waals surface area contributed by atoms with Crippen molar-refractivity contribution < 1.29 is 4.79 Å². The second kappa shape index (κ2) is 10.8. The zero-order valence-corrected chi connectivity index (χ0v) is 18.8. The highest BCUT2D eigenvalue weighted by Gasteiger charge is 2.20. The zero-order valence-electron chi connectivity index (χ0n) is 18.8. The summed E-state index contributed by atoms with van der Waals surface area (Å²) in [6, 6.07) is 19.6. The number of benzene rings is 2. The smallest absolute Gasteiger partial charge is 0.238 e. The molecule has 0 atom stereocenters. The summed E-state index contributed by atoms with van der Waals surface area (Å²) in [7, 11) is 2.08. The third-order valence-electron chi connectivity index (χ3n) is 6.73. The van der Waals surface area contributed by atoms with Crippen LogP contribution >= 0.6 is 0 Å². The Bertz CT molecular complexity index is 809. The highest BCUT2D eigenvalue weighted by atomic mass is 16.2. The van der Waals surface area contributed by atoms with Crippen LogP contribution in [0.5, 0.6) is 0 Å². The fraction of sp³-hybridized carbons (Fsp3) is 0.500. The van der Waals surface area contributed by atoms with Crippen LogP contribution in [0.2, 0.25) is 0 Å². The van der Waals surface area contributed by atoms with Gasteiger partial charge in [0.05, 0.1) is 6.54 Å². The van der Waals surface area contributed by atoms with Gasteiger partial charge in [-0.15, -0.1) is 0 Å². The lowest BCUT2D eigenvalue weighted by Crippen LogP contribution is -2.45. The highest BCUT2D eigenvalue weighted by Crippen LogP contribution is 2.22. The summed E-state index contributed by atoms with van der Waals surface area (Å²) in [5.74, 6) is 0.0790. The Morgan fingerprint density at radius 1 is 0.935 bits per heavy atom. The van der Waals surface area contributed by atoms with Crippen molar-refractivity contribution in [2.45, 2.75) is 44.7 Å². The van der Waals surface area contributed by atoms with Crippen molar-refractivity contribution in [1.29, 1.82) is 0 Å². The molecule has 2 aliphatic rings. The fourth-order valence-corrected chi connectivity index (χ4v) is 4.84. The monoisotopic (exact) mass is 420 g/mol. The van der Waals surface area contributed by atoms with Gasteiger partial charge in [-0.05, 0) is 49.7 Å². The van der Waals surface area contributed by atoms with Crippen molar-refractivity contribution in [3.05, 3.63) is 60.2 Å². The van der Waals surface area contributed by atoms with Gasteiger partial charge in [0, 0.05) is 50.1 Å². The molecule has 0 bridgehead atoms. The van der Waals surface area contributed by atoms with E-state index in [1.165, 1.54) is 43.4 Å². The summed E-state index contributed by atoms with van der Waals surface area (Å²) in [4.78, 5) is 19.6. The van der Waals surface area contributed by atoms with Crippen LogP contribution in [-0.2, 0) is 11.3 Å². The number of likely N-dealkylation sites (N-methyl/N-ethyl adjacent to an activating group) is 1. The van der Waals surface area contributed by atoms with Gasteiger partial charge < -0.3 is 10.2 Å². The van der Waals surface area contributed by atoms with E-state index in [1.54, 1.807) is 0 Å². The summed E-state index contributed by atoms with van der Waals surface area (Å²) in [5.41, 5.74) is 3.50. The summed E-state index contributed by atoms with van der Waals surface area (Å²) in [6.45, 7) is 5.70. The van der Waals surface area contributed by atoms with E-state index in [1.807, 2.05) is 12.1 Å². The van der Waals surface area contributed by atoms with Crippen molar-refractivity contribution in [3.8, 4) is 0 Å². The third kappa shape index (κ3) is 6.31. The molecule has 1 saturated heterocycles. The number of amides is 1. The maximum absolute atomic E-state index is 12.5. The van der Waals surface area contributed by atoms with Crippen LogP contribution in [0.4, 0.5) is 11.4 Å². The van der Waals surface area contributed by atoms with Gasteiger partial charge in [-0.2, -0.15) is 0 Å². The largest absolute Gasteiger partial charge is 0.369 e. The Hall–Kier alpha value is -2.37. The number of hydrogen-bond acceptors (Lipinski definition) is 4. The van der Waals surface area contributed by atoms with Crippen LogP contribution in [0.25, 0.3) is 0 Å². The van der Waals surface area contributed by atoms with Crippen LogP contribution in [0, 0.1) is 0 Å². The van der Waals surface area contributed by atoms with E-state index >= 15 is 0 Å². The molecule has 1 amide bonds. The Morgan fingerprint density at radius 2 is 1.61 bits per heavy atom. The molecule has 2 aromatic rings. The lowest BCUT2D eigenvalue weighted by molar-refractivity contribution is -0.117. The molecule has 0 unspecified atom stereocenters. The quantitative estimate of drug-likeness (QED) is 0.728. The Kier molecular flexibility index (Phi) is 7.60. The lowest BCUT2D eigenvalue weighted by atomic mass is 9.94. The van der Waals surface area contributed by atoms with E-state index in [9.17, 15) is 4.79 Å². The molecule has 1 aliphatic heterocycles. The topological polar surface area (TPSA) is 38.8 Å². The molecule has 2 fully saturated rings. The van der Waals surface area contributed by atoms with Crippen LogP contribution in [0.15, 0.2) is 54.6 Å². The standard InChI is InChI=1S/C26H36N4O/c1-28(24-10-6-3-7-11-24)21-26(31)27-23-12-14-25(15-13-23)30-18-16-29(17-19-30)20-22-8-4-2-5-9-22/h2,4-5,8-9,12-15,24H,3,6-7,10-11,16-21H2,1H3,(H,27,31). The summed E-state index contributed by atoms with van der Waals surface area (Å²) in [6.07, 6.45) is 6.36. The fourth-order valence-electron chi connectivity index (χ4n) is 4.84. The van der Waals surface area contributed by atoms with Crippen LogP contribution < -0.4 is 10.2 Å². The maximum atomic E-state index is 12.5. The molecule has 0 radical (unpaired) electrons. The summed E-state index contributed by atoms with van der Waals surface area (Å²) < 4.78 is 0. The molecule has 0 spiro atoms. The van der Waals surface area contributed by atoms with Crippen molar-refractivity contribution >= 4 is 17.3 Å². The minimum Gasteiger partial charge on any atom is -0.369 e. The number of carbonyl (C=O) groups excluding carboxylic acids is 1. The van der Waals surface area contributed by atoms with Crippen LogP contribution in [-0.4, -0.2) is 61.5 Å². The minimum absolute atomic E-state index is 0.0790. The molecule has 5 nitrogen and oxygen atoms in total. The molecule has 1 aliphatic carbocycles. The number of nitrogens with one attached hydrogen (secondary N) is 1. The third-order valence-corrected chi connectivity index (χ3v) is 6.73. The van der Waals surface area contributed by atoms with Crippen molar-refractivity contribution in [2.24, 2.45) is 0 Å². The Labute approximate surface area is 187 Å². The molecule has 31 heavy (non-hydrogen) atoms. The number of anilines is 2. The molecule has 1 saturated carbocycles. The first-order chi connectivity index (χ1) is 15.2. The lowest BCUT2D eigenvalue weighted by Gasteiger charge is -2.36. The van der Waals surface area contributed by atoms with E-state index < -0.39 is 0 Å². The van der Waals surface area contributed by atoms with Crippen molar-refractivity contribution in [2.75, 3.05) is 50.0 Å². The van der Waals surface area contributed by atoms with Gasteiger partial charge in [-0.1, -0.05) is 49.6 Å². The Balaban J connectivity index is 1.22. The van der Waals surface area contributed by atoms with Gasteiger partial charge in [0.2, 0.25) is 5.91 Å². The van der Waals surface area contributed by atoms with Gasteiger partial charge in [0.1, 0.15) is 0 Å². The predicted octanol–water partition coefficient (Wildman–Crippen LogP) is 4.21. The predicted molar refractivity (Wildman–Crippen MR) is 129 cm³/mol. The molecular formula is C26H36N4O. The van der Waals surface area contributed by atoms with Gasteiger partial charge in [-0.3, -0.25) is 14.6 Å². The normalized spacial score (nSPS) is 18.3. The van der Waals surface area contributed by atoms with Gasteiger partial charge in [-0.25, -0.2) is 0 Å². The molecule has 5 heteroatoms. The van der Waals surface area contributed by atoms with E-state index in [0.29, 0.717) is 12.6 Å². The second-order valence-corrected chi connectivity index (χ2v) is 9.05. The number of nitrogens with zero attached hydrogens (tertiary/aromatic N) is 3. The number of rotatable bonds is 7. The Morgan fingerprint density at radius 3 is 2.29 bits per heavy atom. The molecule has 166 valence electrons. The molecule has 1 N–H and O–H groups in total. The van der Waals surface area contributed by atoms with Crippen molar-refractivity contribution in [1.82, 2.24) is 9.80 Å². The minimum atomic E-state index is 0.0790. The maximum Gasteiger partial charge on any atom is 0.238 e.